The van der Waals surface area contributed by atoms with Gasteiger partial charge in [-0.25, -0.2) is 9.36 Å². The third-order valence-corrected chi connectivity index (χ3v) is 1.96. The van der Waals surface area contributed by atoms with Crippen LogP contribution in [0.4, 0.5) is 0 Å². The molecule has 0 aromatic heterocycles. The van der Waals surface area contributed by atoms with Gasteiger partial charge in [-0.15, -0.1) is 0 Å². The quantitative estimate of drug-likeness (QED) is 0.308. The molecule has 0 radical (unpaired) electrons. The van der Waals surface area contributed by atoms with Gasteiger partial charge in [0.25, 0.3) is 0 Å². The largest absolute Gasteiger partial charge is 0.529 e. The minimum absolute atomic E-state index is 0.409. The maximum atomic E-state index is 11.9. The summed E-state index contributed by atoms with van der Waals surface area (Å²) in [4.78, 5) is 10.9. The van der Waals surface area contributed by atoms with Crippen LogP contribution in [0, 0.1) is 0 Å². The fourth-order valence-electron chi connectivity index (χ4n) is 0.483. The molecule has 0 fully saturated rings. The number of rotatable bonds is 5. The number of methoxy groups -OCH3 is 1. The summed E-state index contributed by atoms with van der Waals surface area (Å²) in [6.45, 7) is 1.11. The smallest absolute Gasteiger partial charge is 0.466 e. The van der Waals surface area contributed by atoms with E-state index in [1.165, 1.54) is 0 Å². The Kier molecular flexibility index (Phi) is 2.44. The first-order valence-electron chi connectivity index (χ1n) is 6.24. The first-order chi connectivity index (χ1) is 8.76. The number of ether oxygens (including phenoxy) is 1. The number of hydrogen-bond donors (Lipinski definition) is 0. The molecule has 0 amide bonds. The second-order valence-electron chi connectivity index (χ2n) is 2.00. The van der Waals surface area contributed by atoms with Crippen LogP contribution in [0.5, 0.6) is 0 Å². The maximum absolute atomic E-state index is 11.9. The molecule has 82 valence electrons. The molecule has 0 aliphatic carbocycles. The van der Waals surface area contributed by atoms with E-state index in [2.05, 4.69) is 18.3 Å². The van der Waals surface area contributed by atoms with Crippen molar-refractivity contribution in [1.29, 1.82) is 0 Å². The highest BCUT2D eigenvalue weighted by atomic mass is 31.2. The van der Waals surface area contributed by atoms with Crippen molar-refractivity contribution in [2.24, 2.45) is 0 Å². The third kappa shape index (κ3) is 4.41. The van der Waals surface area contributed by atoms with E-state index in [9.17, 15) is 9.36 Å². The van der Waals surface area contributed by atoms with Crippen molar-refractivity contribution in [3.63, 3.8) is 0 Å². The summed E-state index contributed by atoms with van der Waals surface area (Å²) in [5.74, 6) is -1.30. The van der Waals surface area contributed by atoms with E-state index in [4.69, 9.17) is 8.22 Å². The molecule has 0 atom stereocenters. The molecule has 0 heterocycles. The highest BCUT2D eigenvalue weighted by molar-refractivity contribution is 7.48. The lowest BCUT2D eigenvalue weighted by molar-refractivity contribution is -0.135. The van der Waals surface area contributed by atoms with E-state index in [-0.39, 0.29) is 0 Å². The van der Waals surface area contributed by atoms with Gasteiger partial charge in [-0.1, -0.05) is 0 Å². The number of allylic oxidation sites excluding steroid dienone is 1. The van der Waals surface area contributed by atoms with Gasteiger partial charge in [-0.3, -0.25) is 9.05 Å². The van der Waals surface area contributed by atoms with Crippen LogP contribution in [0.1, 0.15) is 15.1 Å². The highest BCUT2D eigenvalue weighted by Crippen LogP contribution is 2.49. The second-order valence-corrected chi connectivity index (χ2v) is 3.44. The minimum atomic E-state index is -4.99. The maximum Gasteiger partial charge on any atom is 0.529 e. The Bertz CT molecular complexity index is 407. The van der Waals surface area contributed by atoms with Crippen molar-refractivity contribution in [3.8, 4) is 0 Å². The molecule has 14 heavy (non-hydrogen) atoms. The van der Waals surface area contributed by atoms with Crippen molar-refractivity contribution in [2.75, 3.05) is 21.2 Å². The molecule has 7 heteroatoms. The molecule has 0 spiro atoms. The van der Waals surface area contributed by atoms with E-state index in [0.29, 0.717) is 6.08 Å². The lowest BCUT2D eigenvalue weighted by Gasteiger charge is -2.13. The van der Waals surface area contributed by atoms with E-state index in [1.807, 2.05) is 0 Å². The Morgan fingerprint density at radius 3 is 2.43 bits per heavy atom. The molecule has 0 bridgehead atoms. The Morgan fingerprint density at radius 1 is 1.43 bits per heavy atom. The number of carbonyl (C=O) groups is 1. The molecule has 0 saturated heterocycles. The van der Waals surface area contributed by atoms with Crippen LogP contribution >= 0.6 is 7.82 Å². The molecular formula is C7H13O6P. The van der Waals surface area contributed by atoms with Gasteiger partial charge in [0.15, 0.2) is 0 Å². The van der Waals surface area contributed by atoms with Gasteiger partial charge in [-0.2, -0.15) is 0 Å². The van der Waals surface area contributed by atoms with Gasteiger partial charge in [-0.05, 0) is 6.92 Å². The van der Waals surface area contributed by atoms with Crippen LogP contribution in [0.25, 0.3) is 0 Å². The van der Waals surface area contributed by atoms with Crippen molar-refractivity contribution in [2.45, 2.75) is 6.92 Å². The standard InChI is InChI=1S/C7H13O6P/c1-6(5-7(8)10-2)13-14(9,11-3)12-4/h5H,1-4H3/b6-5-/i3D3,4D3. The summed E-state index contributed by atoms with van der Waals surface area (Å²) in [6, 6.07) is 0. The van der Waals surface area contributed by atoms with Crippen LogP contribution in [-0.4, -0.2) is 27.2 Å². The van der Waals surface area contributed by atoms with Crippen molar-refractivity contribution < 1.29 is 35.9 Å². The van der Waals surface area contributed by atoms with Crippen LogP contribution in [0.2, 0.25) is 0 Å². The molecule has 0 rings (SSSR count). The lowest BCUT2D eigenvalue weighted by Crippen LogP contribution is -1.99. The highest BCUT2D eigenvalue weighted by Gasteiger charge is 2.24. The Morgan fingerprint density at radius 2 is 2.00 bits per heavy atom. The normalized spacial score (nSPS) is 20.6. The zero-order chi connectivity index (χ0) is 16.2. The number of esters is 1. The van der Waals surface area contributed by atoms with Crippen molar-refractivity contribution in [1.82, 2.24) is 0 Å². The van der Waals surface area contributed by atoms with Gasteiger partial charge in [0.05, 0.1) is 21.4 Å². The minimum Gasteiger partial charge on any atom is -0.466 e. The number of phosphoric ester groups is 1. The van der Waals surface area contributed by atoms with Gasteiger partial charge in [0.1, 0.15) is 5.76 Å². The summed E-state index contributed by atoms with van der Waals surface area (Å²) in [7, 11) is -10.4. The predicted molar refractivity (Wildman–Crippen MR) is 48.5 cm³/mol. The predicted octanol–water partition coefficient (Wildman–Crippen LogP) is 1.48. The molecular weight excluding hydrogens is 211 g/mol. The molecule has 0 unspecified atom stereocenters. The van der Waals surface area contributed by atoms with Gasteiger partial charge < -0.3 is 9.26 Å². The van der Waals surface area contributed by atoms with Crippen molar-refractivity contribution in [3.05, 3.63) is 11.8 Å². The van der Waals surface area contributed by atoms with E-state index in [0.717, 1.165) is 14.0 Å². The van der Waals surface area contributed by atoms with E-state index in [1.54, 1.807) is 0 Å². The Labute approximate surface area is 90.8 Å². The Balaban J connectivity index is 5.19. The number of carbonyl (C=O) groups excluding carboxylic acids is 1. The summed E-state index contributed by atoms with van der Waals surface area (Å²) in [5, 5.41) is 0. The van der Waals surface area contributed by atoms with Crippen molar-refractivity contribution >= 4 is 13.8 Å². The topological polar surface area (TPSA) is 71.1 Å². The summed E-state index contributed by atoms with van der Waals surface area (Å²) >= 11 is 0. The molecule has 0 aromatic rings. The molecule has 0 N–H and O–H groups in total. The van der Waals surface area contributed by atoms with E-state index < -0.39 is 33.6 Å². The van der Waals surface area contributed by atoms with Gasteiger partial charge >= 0.3 is 13.8 Å². The second kappa shape index (κ2) is 5.80. The first kappa shape index (κ1) is 5.90. The van der Waals surface area contributed by atoms with Crippen LogP contribution in [0.15, 0.2) is 11.8 Å². The van der Waals surface area contributed by atoms with Gasteiger partial charge in [0.2, 0.25) is 0 Å². The fourth-order valence-corrected chi connectivity index (χ4v) is 1.00. The average molecular weight is 230 g/mol. The summed E-state index contributed by atoms with van der Waals surface area (Å²) in [5.41, 5.74) is 0. The molecule has 0 saturated carbocycles. The molecule has 6 nitrogen and oxygen atoms in total. The third-order valence-electron chi connectivity index (χ3n) is 1.00. The van der Waals surface area contributed by atoms with Gasteiger partial charge in [0, 0.05) is 14.1 Å². The fraction of sp³-hybridized carbons (Fsp3) is 0.571. The van der Waals surface area contributed by atoms with Crippen LogP contribution in [0.3, 0.4) is 0 Å². The number of phosphoric acid groups is 1. The van der Waals surface area contributed by atoms with Crippen LogP contribution < -0.4 is 0 Å². The Hall–Kier alpha value is -0.840. The molecule has 0 aliphatic rings. The zero-order valence-corrected chi connectivity index (χ0v) is 8.37. The molecule has 0 aromatic carbocycles. The first-order valence-corrected chi connectivity index (χ1v) is 4.70. The van der Waals surface area contributed by atoms with E-state index >= 15 is 0 Å². The summed E-state index contributed by atoms with van der Waals surface area (Å²) in [6.07, 6.45) is 0.707. The zero-order valence-electron chi connectivity index (χ0n) is 13.5. The summed E-state index contributed by atoms with van der Waals surface area (Å²) < 4.78 is 69.6. The SMILES string of the molecule is [2H]C([2H])([2H])OP(=O)(O/C(C)=C\C(=O)OC)OC([2H])([2H])[2H]. The monoisotopic (exact) mass is 230 g/mol. The molecule has 0 aliphatic heterocycles. The lowest BCUT2D eigenvalue weighted by atomic mass is 10.5. The van der Waals surface area contributed by atoms with Crippen LogP contribution in [-0.2, 0) is 27.7 Å². The average Bonchev–Trinajstić information content (AvgIpc) is 2.09. The number of hydrogen-bond acceptors (Lipinski definition) is 6.